The van der Waals surface area contributed by atoms with Crippen molar-refractivity contribution in [1.82, 2.24) is 4.98 Å². The normalized spacial score (nSPS) is 17.3. The SMILES string of the molecule is COC(=O)c1sc(N2C(=O)C(=O)C(C(=O)c3ccc(Cl)cc3)C2c2ccc(OC)c(OC)c2)nc1C. The zero-order chi connectivity index (χ0) is 26.1. The van der Waals surface area contributed by atoms with Crippen LogP contribution in [0.25, 0.3) is 0 Å². The van der Waals surface area contributed by atoms with E-state index in [1.54, 1.807) is 25.1 Å². The number of methoxy groups -OCH3 is 3. The van der Waals surface area contributed by atoms with Gasteiger partial charge in [0.15, 0.2) is 22.4 Å². The molecule has 3 aromatic rings. The number of nitrogens with zero attached hydrogens (tertiary/aromatic N) is 2. The third kappa shape index (κ3) is 4.33. The number of ether oxygens (including phenoxy) is 3. The Hall–Kier alpha value is -3.76. The number of aromatic nitrogens is 1. The summed E-state index contributed by atoms with van der Waals surface area (Å²) in [6.45, 7) is 1.59. The Labute approximate surface area is 215 Å². The van der Waals surface area contributed by atoms with E-state index in [0.29, 0.717) is 27.8 Å². The lowest BCUT2D eigenvalue weighted by Gasteiger charge is -2.25. The first-order valence-electron chi connectivity index (χ1n) is 10.7. The number of anilines is 1. The van der Waals surface area contributed by atoms with Crippen molar-refractivity contribution < 1.29 is 33.4 Å². The fourth-order valence-corrected chi connectivity index (χ4v) is 5.22. The fraction of sp³-hybridized carbons (Fsp3) is 0.240. The molecule has 0 saturated carbocycles. The maximum atomic E-state index is 13.6. The average molecular weight is 529 g/mol. The fourth-order valence-electron chi connectivity index (χ4n) is 4.08. The molecule has 0 bridgehead atoms. The molecule has 186 valence electrons. The van der Waals surface area contributed by atoms with Crippen molar-refractivity contribution in [2.24, 2.45) is 5.92 Å². The van der Waals surface area contributed by atoms with E-state index in [2.05, 4.69) is 4.98 Å². The first-order chi connectivity index (χ1) is 17.2. The summed E-state index contributed by atoms with van der Waals surface area (Å²) in [6, 6.07) is 9.89. The summed E-state index contributed by atoms with van der Waals surface area (Å²) >= 11 is 6.87. The number of rotatable bonds is 7. The van der Waals surface area contributed by atoms with Crippen LogP contribution >= 0.6 is 22.9 Å². The van der Waals surface area contributed by atoms with E-state index in [4.69, 9.17) is 25.8 Å². The molecule has 0 radical (unpaired) electrons. The molecule has 0 aliphatic carbocycles. The van der Waals surface area contributed by atoms with E-state index in [0.717, 1.165) is 16.2 Å². The lowest BCUT2D eigenvalue weighted by molar-refractivity contribution is -0.135. The first-order valence-corrected chi connectivity index (χ1v) is 11.9. The maximum Gasteiger partial charge on any atom is 0.350 e. The minimum atomic E-state index is -1.37. The highest BCUT2D eigenvalue weighted by Gasteiger charge is 2.53. The average Bonchev–Trinajstić information content (AvgIpc) is 3.39. The third-order valence-corrected chi connectivity index (χ3v) is 7.22. The molecular formula is C25H21ClN2O7S. The third-order valence-electron chi connectivity index (χ3n) is 5.83. The zero-order valence-corrected chi connectivity index (χ0v) is 21.3. The molecule has 4 rings (SSSR count). The van der Waals surface area contributed by atoms with Crippen molar-refractivity contribution in [3.8, 4) is 11.5 Å². The number of hydrogen-bond donors (Lipinski definition) is 0. The van der Waals surface area contributed by atoms with Crippen LogP contribution in [-0.4, -0.2) is 49.8 Å². The van der Waals surface area contributed by atoms with Crippen LogP contribution in [0.5, 0.6) is 11.5 Å². The number of benzene rings is 2. The minimum absolute atomic E-state index is 0.0949. The van der Waals surface area contributed by atoms with Gasteiger partial charge in [-0.2, -0.15) is 0 Å². The van der Waals surface area contributed by atoms with Crippen LogP contribution in [0.3, 0.4) is 0 Å². The van der Waals surface area contributed by atoms with Gasteiger partial charge < -0.3 is 14.2 Å². The van der Waals surface area contributed by atoms with Gasteiger partial charge in [-0.3, -0.25) is 19.3 Å². The highest BCUT2D eigenvalue weighted by Crippen LogP contribution is 2.45. The minimum Gasteiger partial charge on any atom is -0.493 e. The molecule has 1 aliphatic heterocycles. The Morgan fingerprint density at radius 1 is 1.00 bits per heavy atom. The van der Waals surface area contributed by atoms with Crippen molar-refractivity contribution in [3.63, 3.8) is 0 Å². The molecule has 2 atom stereocenters. The van der Waals surface area contributed by atoms with Gasteiger partial charge in [-0.25, -0.2) is 9.78 Å². The van der Waals surface area contributed by atoms with Crippen molar-refractivity contribution in [1.29, 1.82) is 0 Å². The Morgan fingerprint density at radius 2 is 1.67 bits per heavy atom. The Bertz CT molecular complexity index is 1370. The number of Topliss-reactive ketones (excluding diaryl/α,β-unsaturated/α-hetero) is 2. The van der Waals surface area contributed by atoms with Gasteiger partial charge in [0.05, 0.1) is 33.1 Å². The highest BCUT2D eigenvalue weighted by molar-refractivity contribution is 7.17. The molecule has 1 aromatic heterocycles. The number of ketones is 2. The number of esters is 1. The Kier molecular flexibility index (Phi) is 7.09. The maximum absolute atomic E-state index is 13.6. The van der Waals surface area contributed by atoms with Crippen molar-refractivity contribution in [3.05, 3.63) is 69.2 Å². The molecule has 2 unspecified atom stereocenters. The molecule has 0 spiro atoms. The van der Waals surface area contributed by atoms with Gasteiger partial charge >= 0.3 is 5.97 Å². The number of hydrogen-bond acceptors (Lipinski definition) is 9. The lowest BCUT2D eigenvalue weighted by Crippen LogP contribution is -2.30. The summed E-state index contributed by atoms with van der Waals surface area (Å²) in [4.78, 5) is 58.1. The van der Waals surface area contributed by atoms with Crippen LogP contribution < -0.4 is 14.4 Å². The standard InChI is InChI=1S/C25H21ClN2O7S/c1-12-22(24(32)35-4)36-25(27-12)28-19(14-7-10-16(33-2)17(11-14)34-3)18(21(30)23(28)31)20(29)13-5-8-15(26)9-6-13/h5-11,18-19H,1-4H3. The van der Waals surface area contributed by atoms with E-state index in [9.17, 15) is 19.2 Å². The van der Waals surface area contributed by atoms with E-state index in [-0.39, 0.29) is 15.6 Å². The van der Waals surface area contributed by atoms with Gasteiger partial charge in [-0.15, -0.1) is 0 Å². The molecule has 2 heterocycles. The smallest absolute Gasteiger partial charge is 0.350 e. The molecule has 1 amide bonds. The molecule has 36 heavy (non-hydrogen) atoms. The summed E-state index contributed by atoms with van der Waals surface area (Å²) in [7, 11) is 4.17. The summed E-state index contributed by atoms with van der Waals surface area (Å²) in [6.07, 6.45) is 0. The van der Waals surface area contributed by atoms with Crippen LogP contribution in [0.15, 0.2) is 42.5 Å². The quantitative estimate of drug-likeness (QED) is 0.195. The van der Waals surface area contributed by atoms with Crippen LogP contribution in [-0.2, 0) is 14.3 Å². The number of halogens is 1. The van der Waals surface area contributed by atoms with Crippen molar-refractivity contribution >= 4 is 51.5 Å². The molecular weight excluding hydrogens is 508 g/mol. The van der Waals surface area contributed by atoms with Gasteiger partial charge in [0.1, 0.15) is 10.8 Å². The van der Waals surface area contributed by atoms with Crippen LogP contribution in [0.2, 0.25) is 5.02 Å². The van der Waals surface area contributed by atoms with E-state index >= 15 is 0 Å². The van der Waals surface area contributed by atoms with Crippen LogP contribution in [0, 0.1) is 12.8 Å². The molecule has 1 aliphatic rings. The number of thiazole rings is 1. The van der Waals surface area contributed by atoms with Gasteiger partial charge in [0.2, 0.25) is 5.78 Å². The van der Waals surface area contributed by atoms with Gasteiger partial charge in [-0.1, -0.05) is 29.0 Å². The monoisotopic (exact) mass is 528 g/mol. The van der Waals surface area contributed by atoms with Crippen molar-refractivity contribution in [2.45, 2.75) is 13.0 Å². The summed E-state index contributed by atoms with van der Waals surface area (Å²) < 4.78 is 15.5. The molecule has 1 fully saturated rings. The first kappa shape index (κ1) is 25.3. The molecule has 9 nitrogen and oxygen atoms in total. The molecule has 11 heteroatoms. The van der Waals surface area contributed by atoms with E-state index < -0.39 is 35.4 Å². The van der Waals surface area contributed by atoms with Gasteiger partial charge in [0.25, 0.3) is 5.91 Å². The largest absolute Gasteiger partial charge is 0.493 e. The van der Waals surface area contributed by atoms with Gasteiger partial charge in [0, 0.05) is 10.6 Å². The summed E-state index contributed by atoms with van der Waals surface area (Å²) in [5.41, 5.74) is 1.01. The topological polar surface area (TPSA) is 112 Å². The number of amides is 1. The van der Waals surface area contributed by atoms with Gasteiger partial charge in [-0.05, 0) is 48.9 Å². The Morgan fingerprint density at radius 3 is 2.28 bits per heavy atom. The highest BCUT2D eigenvalue weighted by atomic mass is 35.5. The number of aryl methyl sites for hydroxylation is 1. The molecule has 1 saturated heterocycles. The predicted molar refractivity (Wildman–Crippen MR) is 132 cm³/mol. The molecule has 2 aromatic carbocycles. The second-order valence-electron chi connectivity index (χ2n) is 7.85. The molecule has 0 N–H and O–H groups in total. The lowest BCUT2D eigenvalue weighted by atomic mass is 9.86. The van der Waals surface area contributed by atoms with Crippen molar-refractivity contribution in [2.75, 3.05) is 26.2 Å². The van der Waals surface area contributed by atoms with E-state index in [1.165, 1.54) is 45.6 Å². The predicted octanol–water partition coefficient (Wildman–Crippen LogP) is 4.06. The Balaban J connectivity index is 1.89. The van der Waals surface area contributed by atoms with E-state index in [1.807, 2.05) is 0 Å². The summed E-state index contributed by atoms with van der Waals surface area (Å²) in [5, 5.41) is 0.518. The van der Waals surface area contributed by atoms with Crippen LogP contribution in [0.4, 0.5) is 5.13 Å². The number of carbonyl (C=O) groups excluding carboxylic acids is 4. The summed E-state index contributed by atoms with van der Waals surface area (Å²) in [5.74, 6) is -3.55. The zero-order valence-electron chi connectivity index (χ0n) is 19.7. The second-order valence-corrected chi connectivity index (χ2v) is 9.26. The van der Waals surface area contributed by atoms with Crippen LogP contribution in [0.1, 0.15) is 37.3 Å². The number of carbonyl (C=O) groups is 4. The second kappa shape index (κ2) is 10.1.